The molecule has 1 aromatic carbocycles. The molecule has 0 bridgehead atoms. The van der Waals surface area contributed by atoms with E-state index >= 15 is 0 Å². The van der Waals surface area contributed by atoms with Crippen molar-refractivity contribution >= 4 is 38.7 Å². The molecule has 0 radical (unpaired) electrons. The lowest BCUT2D eigenvalue weighted by molar-refractivity contribution is -0.121. The first-order chi connectivity index (χ1) is 13.6. The Morgan fingerprint density at radius 3 is 2.71 bits per heavy atom. The Morgan fingerprint density at radius 1 is 1.21 bits per heavy atom. The fourth-order valence-corrected chi connectivity index (χ4v) is 3.73. The van der Waals surface area contributed by atoms with Crippen molar-refractivity contribution in [3.8, 4) is 0 Å². The van der Waals surface area contributed by atoms with Crippen molar-refractivity contribution in [3.63, 3.8) is 0 Å². The number of aromatic nitrogens is 4. The molecule has 146 valence electrons. The van der Waals surface area contributed by atoms with Crippen LogP contribution in [-0.2, 0) is 17.9 Å². The van der Waals surface area contributed by atoms with Crippen molar-refractivity contribution in [1.82, 2.24) is 25.1 Å². The van der Waals surface area contributed by atoms with E-state index in [9.17, 15) is 4.79 Å². The highest BCUT2D eigenvalue weighted by molar-refractivity contribution is 9.10. The number of carbonyl (C=O) groups excluding carboxylic acids is 1. The molecule has 1 fully saturated rings. The number of halogens is 1. The van der Waals surface area contributed by atoms with Gasteiger partial charge in [-0.05, 0) is 36.5 Å². The highest BCUT2D eigenvalue weighted by Crippen LogP contribution is 2.27. The third-order valence-electron chi connectivity index (χ3n) is 5.19. The highest BCUT2D eigenvalue weighted by Gasteiger charge is 2.21. The van der Waals surface area contributed by atoms with E-state index in [2.05, 4.69) is 48.1 Å². The summed E-state index contributed by atoms with van der Waals surface area (Å²) in [5.74, 6) is 1.57. The minimum atomic E-state index is -0.0973. The van der Waals surface area contributed by atoms with Crippen molar-refractivity contribution < 1.29 is 4.79 Å². The van der Waals surface area contributed by atoms with Crippen molar-refractivity contribution in [2.45, 2.75) is 32.9 Å². The molecule has 4 rings (SSSR count). The van der Waals surface area contributed by atoms with Crippen molar-refractivity contribution in [2.24, 2.45) is 5.92 Å². The molecule has 3 aromatic rings. The summed E-state index contributed by atoms with van der Waals surface area (Å²) < 4.78 is 2.66. The number of carbonyl (C=O) groups is 1. The predicted molar refractivity (Wildman–Crippen MR) is 112 cm³/mol. The van der Waals surface area contributed by atoms with Gasteiger partial charge >= 0.3 is 0 Å². The monoisotopic (exact) mass is 442 g/mol. The number of nitrogens with one attached hydrogen (secondary N) is 1. The molecule has 1 N–H and O–H groups in total. The quantitative estimate of drug-likeness (QED) is 0.656. The van der Waals surface area contributed by atoms with Gasteiger partial charge in [0.1, 0.15) is 18.7 Å². The molecule has 1 aliphatic rings. The number of hydrogen-bond acceptors (Lipinski definition) is 5. The van der Waals surface area contributed by atoms with Crippen LogP contribution in [0, 0.1) is 5.92 Å². The molecule has 2 aromatic heterocycles. The molecule has 7 nitrogen and oxygen atoms in total. The van der Waals surface area contributed by atoms with Gasteiger partial charge in [-0.2, -0.15) is 5.10 Å². The minimum Gasteiger partial charge on any atom is -0.356 e. The van der Waals surface area contributed by atoms with E-state index in [1.807, 2.05) is 24.3 Å². The Kier molecular flexibility index (Phi) is 5.57. The second-order valence-electron chi connectivity index (χ2n) is 7.31. The van der Waals surface area contributed by atoms with Gasteiger partial charge in [0.05, 0.1) is 11.6 Å². The second kappa shape index (κ2) is 8.26. The molecule has 1 amide bonds. The maximum absolute atomic E-state index is 12.4. The Balaban J connectivity index is 1.45. The zero-order valence-corrected chi connectivity index (χ0v) is 17.4. The number of benzene rings is 1. The molecule has 0 saturated carbocycles. The SMILES string of the molecule is CC1CCN(c2ncnc3c2cnn3CC(=O)NCc2ccc(Br)cc2)CC1. The van der Waals surface area contributed by atoms with Crippen LogP contribution in [0.1, 0.15) is 25.3 Å². The number of anilines is 1. The fourth-order valence-electron chi connectivity index (χ4n) is 3.46. The average Bonchev–Trinajstić information content (AvgIpc) is 3.11. The van der Waals surface area contributed by atoms with E-state index in [4.69, 9.17) is 0 Å². The highest BCUT2D eigenvalue weighted by atomic mass is 79.9. The van der Waals surface area contributed by atoms with E-state index in [1.165, 1.54) is 0 Å². The van der Waals surface area contributed by atoms with Crippen LogP contribution in [0.3, 0.4) is 0 Å². The molecule has 0 aliphatic carbocycles. The van der Waals surface area contributed by atoms with Crippen LogP contribution >= 0.6 is 15.9 Å². The van der Waals surface area contributed by atoms with Crippen molar-refractivity contribution in [1.29, 1.82) is 0 Å². The molecule has 0 atom stereocenters. The smallest absolute Gasteiger partial charge is 0.242 e. The van der Waals surface area contributed by atoms with E-state index in [-0.39, 0.29) is 12.5 Å². The van der Waals surface area contributed by atoms with Crippen molar-refractivity contribution in [3.05, 3.63) is 46.8 Å². The maximum Gasteiger partial charge on any atom is 0.242 e. The Labute approximate surface area is 172 Å². The van der Waals surface area contributed by atoms with E-state index in [0.29, 0.717) is 12.2 Å². The zero-order chi connectivity index (χ0) is 19.5. The normalized spacial score (nSPS) is 15.1. The van der Waals surface area contributed by atoms with E-state index in [1.54, 1.807) is 17.2 Å². The second-order valence-corrected chi connectivity index (χ2v) is 8.23. The number of fused-ring (bicyclic) bond motifs is 1. The molecule has 3 heterocycles. The number of amides is 1. The van der Waals surface area contributed by atoms with Gasteiger partial charge in [0.15, 0.2) is 5.65 Å². The molecular weight excluding hydrogens is 420 g/mol. The Hall–Kier alpha value is -2.48. The lowest BCUT2D eigenvalue weighted by atomic mass is 9.99. The third-order valence-corrected chi connectivity index (χ3v) is 5.72. The van der Waals surface area contributed by atoms with Gasteiger partial charge in [0, 0.05) is 24.1 Å². The lowest BCUT2D eigenvalue weighted by Gasteiger charge is -2.31. The molecule has 28 heavy (non-hydrogen) atoms. The van der Waals surface area contributed by atoms with Gasteiger partial charge in [-0.3, -0.25) is 4.79 Å². The van der Waals surface area contributed by atoms with E-state index < -0.39 is 0 Å². The molecule has 8 heteroatoms. The first kappa shape index (κ1) is 18.9. The predicted octanol–water partition coefficient (Wildman–Crippen LogP) is 3.14. The van der Waals surface area contributed by atoms with Crippen LogP contribution in [0.4, 0.5) is 5.82 Å². The first-order valence-corrected chi connectivity index (χ1v) is 10.3. The summed E-state index contributed by atoms with van der Waals surface area (Å²) in [5, 5.41) is 8.23. The fraction of sp³-hybridized carbons (Fsp3) is 0.400. The summed E-state index contributed by atoms with van der Waals surface area (Å²) in [7, 11) is 0. The lowest BCUT2D eigenvalue weighted by Crippen LogP contribution is -2.33. The molecule has 0 spiro atoms. The number of rotatable bonds is 5. The van der Waals surface area contributed by atoms with Crippen LogP contribution in [0.2, 0.25) is 0 Å². The molecule has 1 saturated heterocycles. The summed E-state index contributed by atoms with van der Waals surface area (Å²) in [6.07, 6.45) is 5.66. The molecular formula is C20H23BrN6O. The Bertz CT molecular complexity index is 962. The van der Waals surface area contributed by atoms with Crippen LogP contribution in [0.25, 0.3) is 11.0 Å². The number of nitrogens with zero attached hydrogens (tertiary/aromatic N) is 5. The molecule has 0 unspecified atom stereocenters. The summed E-state index contributed by atoms with van der Waals surface area (Å²) in [6.45, 7) is 4.89. The van der Waals surface area contributed by atoms with Gasteiger partial charge in [0.2, 0.25) is 5.91 Å². The van der Waals surface area contributed by atoms with Gasteiger partial charge in [0.25, 0.3) is 0 Å². The van der Waals surface area contributed by atoms with Crippen molar-refractivity contribution in [2.75, 3.05) is 18.0 Å². The Morgan fingerprint density at radius 2 is 1.96 bits per heavy atom. The zero-order valence-electron chi connectivity index (χ0n) is 15.8. The summed E-state index contributed by atoms with van der Waals surface area (Å²) in [5.41, 5.74) is 1.74. The third kappa shape index (κ3) is 4.16. The van der Waals surface area contributed by atoms with Crippen LogP contribution < -0.4 is 10.2 Å². The largest absolute Gasteiger partial charge is 0.356 e. The van der Waals surface area contributed by atoms with Gasteiger partial charge in [-0.25, -0.2) is 14.6 Å². The van der Waals surface area contributed by atoms with Gasteiger partial charge in [-0.1, -0.05) is 35.0 Å². The van der Waals surface area contributed by atoms with Crippen LogP contribution in [0.15, 0.2) is 41.3 Å². The van der Waals surface area contributed by atoms with Crippen LogP contribution in [0.5, 0.6) is 0 Å². The maximum atomic E-state index is 12.4. The number of hydrogen-bond donors (Lipinski definition) is 1. The van der Waals surface area contributed by atoms with Crippen LogP contribution in [-0.4, -0.2) is 38.7 Å². The van der Waals surface area contributed by atoms with E-state index in [0.717, 1.165) is 53.1 Å². The standard InChI is InChI=1S/C20H23BrN6O/c1-14-6-8-26(9-7-14)19-17-11-25-27(20(17)24-13-23-19)12-18(28)22-10-15-2-4-16(21)5-3-15/h2-5,11,13-14H,6-10,12H2,1H3,(H,22,28). The topological polar surface area (TPSA) is 75.9 Å². The average molecular weight is 443 g/mol. The minimum absolute atomic E-state index is 0.0973. The van der Waals surface area contributed by atoms with Gasteiger partial charge in [-0.15, -0.1) is 0 Å². The summed E-state index contributed by atoms with van der Waals surface area (Å²) in [6, 6.07) is 7.88. The summed E-state index contributed by atoms with van der Waals surface area (Å²) in [4.78, 5) is 23.5. The molecule has 1 aliphatic heterocycles. The summed E-state index contributed by atoms with van der Waals surface area (Å²) >= 11 is 3.41. The number of piperidine rings is 1. The van der Waals surface area contributed by atoms with Gasteiger partial charge < -0.3 is 10.2 Å². The first-order valence-electron chi connectivity index (χ1n) is 9.53.